The lowest BCUT2D eigenvalue weighted by molar-refractivity contribution is 0.0594. The maximum absolute atomic E-state index is 13.6. The first kappa shape index (κ1) is 14.5. The van der Waals surface area contributed by atoms with E-state index in [1.165, 1.54) is 24.3 Å². The molecule has 0 heterocycles. The van der Waals surface area contributed by atoms with E-state index in [-0.39, 0.29) is 16.8 Å². The van der Waals surface area contributed by atoms with Crippen LogP contribution >= 0.6 is 0 Å². The summed E-state index contributed by atoms with van der Waals surface area (Å²) in [5.74, 6) is -2.65. The van der Waals surface area contributed by atoms with E-state index in [2.05, 4.69) is 4.74 Å². The van der Waals surface area contributed by atoms with Crippen molar-refractivity contribution in [3.05, 3.63) is 53.3 Å². The number of carboxylic acids is 1. The fraction of sp³-hybridized carbons (Fsp3) is 0.0667. The third kappa shape index (κ3) is 3.00. The van der Waals surface area contributed by atoms with Crippen molar-refractivity contribution in [2.45, 2.75) is 0 Å². The molecule has 2 aromatic rings. The molecule has 0 bridgehead atoms. The Hall–Kier alpha value is -2.89. The number of ether oxygens (including phenoxy) is 1. The van der Waals surface area contributed by atoms with Gasteiger partial charge in [0.05, 0.1) is 18.2 Å². The van der Waals surface area contributed by atoms with Gasteiger partial charge in [-0.2, -0.15) is 0 Å². The van der Waals surface area contributed by atoms with E-state index < -0.39 is 17.8 Å². The Balaban J connectivity index is 2.57. The molecule has 2 aromatic carbocycles. The van der Waals surface area contributed by atoms with E-state index in [1.54, 1.807) is 6.07 Å². The molecule has 21 heavy (non-hydrogen) atoms. The molecule has 6 heteroatoms. The fourth-order valence-electron chi connectivity index (χ4n) is 1.91. The lowest BCUT2D eigenvalue weighted by Crippen LogP contribution is -2.05. The Morgan fingerprint density at radius 2 is 1.86 bits per heavy atom. The van der Waals surface area contributed by atoms with Crippen LogP contribution in [0.1, 0.15) is 20.7 Å². The van der Waals surface area contributed by atoms with Crippen molar-refractivity contribution < 1.29 is 23.8 Å². The van der Waals surface area contributed by atoms with Crippen molar-refractivity contribution in [2.75, 3.05) is 12.8 Å². The molecular formula is C15H12FNO4. The number of rotatable bonds is 3. The minimum absolute atomic E-state index is 0.00828. The molecule has 0 aromatic heterocycles. The van der Waals surface area contributed by atoms with Crippen LogP contribution in [0.4, 0.5) is 10.1 Å². The third-order valence-electron chi connectivity index (χ3n) is 2.91. The molecule has 0 aliphatic rings. The van der Waals surface area contributed by atoms with Gasteiger partial charge in [-0.15, -0.1) is 0 Å². The molecule has 0 atom stereocenters. The SMILES string of the molecule is COC(=O)c1cc(-c2cc(N)cc(C(=O)O)c2)ccc1F. The molecule has 0 spiro atoms. The first-order chi connectivity index (χ1) is 9.92. The molecule has 0 aliphatic carbocycles. The van der Waals surface area contributed by atoms with E-state index in [1.807, 2.05) is 0 Å². The highest BCUT2D eigenvalue weighted by atomic mass is 19.1. The second kappa shape index (κ2) is 5.62. The van der Waals surface area contributed by atoms with Crippen molar-refractivity contribution in [2.24, 2.45) is 0 Å². The number of nitrogen functional groups attached to an aromatic ring is 1. The number of carboxylic acid groups (broad SMARTS) is 1. The molecule has 0 saturated carbocycles. The van der Waals surface area contributed by atoms with Crippen LogP contribution in [0.2, 0.25) is 0 Å². The lowest BCUT2D eigenvalue weighted by atomic mass is 10.00. The Kier molecular flexibility index (Phi) is 3.89. The minimum Gasteiger partial charge on any atom is -0.478 e. The number of nitrogens with two attached hydrogens (primary N) is 1. The molecule has 0 fully saturated rings. The van der Waals surface area contributed by atoms with Crippen LogP contribution in [0.3, 0.4) is 0 Å². The second-order valence-electron chi connectivity index (χ2n) is 4.34. The summed E-state index contributed by atoms with van der Waals surface area (Å²) in [5.41, 5.74) is 6.63. The second-order valence-corrected chi connectivity index (χ2v) is 4.34. The van der Waals surface area contributed by atoms with Gasteiger partial charge in [0.2, 0.25) is 0 Å². The summed E-state index contributed by atoms with van der Waals surface area (Å²) in [6.07, 6.45) is 0. The molecule has 2 rings (SSSR count). The summed E-state index contributed by atoms with van der Waals surface area (Å²) in [5, 5.41) is 9.02. The quantitative estimate of drug-likeness (QED) is 0.669. The van der Waals surface area contributed by atoms with Gasteiger partial charge in [-0.25, -0.2) is 14.0 Å². The van der Waals surface area contributed by atoms with Gasteiger partial charge in [-0.05, 0) is 41.5 Å². The number of carbonyl (C=O) groups excluding carboxylic acids is 1. The van der Waals surface area contributed by atoms with Crippen molar-refractivity contribution in [3.8, 4) is 11.1 Å². The monoisotopic (exact) mass is 289 g/mol. The maximum Gasteiger partial charge on any atom is 0.340 e. The molecule has 3 N–H and O–H groups in total. The number of methoxy groups -OCH3 is 1. The zero-order valence-electron chi connectivity index (χ0n) is 11.1. The number of esters is 1. The average molecular weight is 289 g/mol. The van der Waals surface area contributed by atoms with Crippen LogP contribution in [0.15, 0.2) is 36.4 Å². The topological polar surface area (TPSA) is 89.6 Å². The number of hydrogen-bond donors (Lipinski definition) is 2. The van der Waals surface area contributed by atoms with Crippen molar-refractivity contribution >= 4 is 17.6 Å². The Bertz CT molecular complexity index is 728. The van der Waals surface area contributed by atoms with E-state index in [9.17, 15) is 14.0 Å². The summed E-state index contributed by atoms with van der Waals surface area (Å²) in [6.45, 7) is 0. The summed E-state index contributed by atoms with van der Waals surface area (Å²) in [6, 6.07) is 8.10. The average Bonchev–Trinajstić information content (AvgIpc) is 2.46. The lowest BCUT2D eigenvalue weighted by Gasteiger charge is -2.08. The van der Waals surface area contributed by atoms with Crippen LogP contribution < -0.4 is 5.73 Å². The molecule has 5 nitrogen and oxygen atoms in total. The minimum atomic E-state index is -1.13. The number of aromatic carboxylic acids is 1. The zero-order valence-corrected chi connectivity index (χ0v) is 11.1. The predicted octanol–water partition coefficient (Wildman–Crippen LogP) is 2.56. The highest BCUT2D eigenvalue weighted by molar-refractivity contribution is 5.93. The number of benzene rings is 2. The fourth-order valence-corrected chi connectivity index (χ4v) is 1.91. The van der Waals surface area contributed by atoms with Gasteiger partial charge in [-0.1, -0.05) is 6.07 Å². The van der Waals surface area contributed by atoms with Gasteiger partial charge >= 0.3 is 11.9 Å². The molecule has 0 radical (unpaired) electrons. The largest absolute Gasteiger partial charge is 0.478 e. The van der Waals surface area contributed by atoms with Gasteiger partial charge in [0.25, 0.3) is 0 Å². The normalized spacial score (nSPS) is 10.2. The van der Waals surface area contributed by atoms with Gasteiger partial charge in [0, 0.05) is 5.69 Å². The number of halogens is 1. The van der Waals surface area contributed by atoms with Crippen LogP contribution in [0, 0.1) is 5.82 Å². The summed E-state index contributed by atoms with van der Waals surface area (Å²) >= 11 is 0. The summed E-state index contributed by atoms with van der Waals surface area (Å²) in [4.78, 5) is 22.5. The highest BCUT2D eigenvalue weighted by Gasteiger charge is 2.14. The van der Waals surface area contributed by atoms with Crippen LogP contribution in [0.25, 0.3) is 11.1 Å². The van der Waals surface area contributed by atoms with E-state index in [0.29, 0.717) is 11.1 Å². The standard InChI is InChI=1S/C15H12FNO4/c1-21-15(20)12-7-8(2-3-13(12)16)9-4-10(14(18)19)6-11(17)5-9/h2-7H,17H2,1H3,(H,18,19). The Morgan fingerprint density at radius 1 is 1.14 bits per heavy atom. The smallest absolute Gasteiger partial charge is 0.340 e. The molecule has 108 valence electrons. The van der Waals surface area contributed by atoms with Crippen molar-refractivity contribution in [1.82, 2.24) is 0 Å². The third-order valence-corrected chi connectivity index (χ3v) is 2.91. The van der Waals surface area contributed by atoms with Crippen molar-refractivity contribution in [3.63, 3.8) is 0 Å². The van der Waals surface area contributed by atoms with E-state index >= 15 is 0 Å². The van der Waals surface area contributed by atoms with Gasteiger partial charge < -0.3 is 15.6 Å². The molecule has 0 saturated heterocycles. The van der Waals surface area contributed by atoms with Gasteiger partial charge in [-0.3, -0.25) is 0 Å². The van der Waals surface area contributed by atoms with E-state index in [4.69, 9.17) is 10.8 Å². The van der Waals surface area contributed by atoms with Gasteiger partial charge in [0.1, 0.15) is 5.82 Å². The zero-order chi connectivity index (χ0) is 15.6. The molecular weight excluding hydrogens is 277 g/mol. The number of carbonyl (C=O) groups is 2. The van der Waals surface area contributed by atoms with Crippen LogP contribution in [-0.4, -0.2) is 24.2 Å². The molecule has 0 amide bonds. The molecule has 0 aliphatic heterocycles. The van der Waals surface area contributed by atoms with Gasteiger partial charge in [0.15, 0.2) is 0 Å². The van der Waals surface area contributed by atoms with Crippen molar-refractivity contribution in [1.29, 1.82) is 0 Å². The summed E-state index contributed by atoms with van der Waals surface area (Å²) in [7, 11) is 1.15. The van der Waals surface area contributed by atoms with Crippen LogP contribution in [0.5, 0.6) is 0 Å². The number of hydrogen-bond acceptors (Lipinski definition) is 4. The predicted molar refractivity (Wildman–Crippen MR) is 74.5 cm³/mol. The Labute approximate surface area is 119 Å². The Morgan fingerprint density at radius 3 is 2.48 bits per heavy atom. The number of anilines is 1. The van der Waals surface area contributed by atoms with Crippen LogP contribution in [-0.2, 0) is 4.74 Å². The molecule has 0 unspecified atom stereocenters. The van der Waals surface area contributed by atoms with E-state index in [0.717, 1.165) is 13.2 Å². The first-order valence-corrected chi connectivity index (χ1v) is 5.94. The maximum atomic E-state index is 13.6. The summed E-state index contributed by atoms with van der Waals surface area (Å²) < 4.78 is 18.1. The highest BCUT2D eigenvalue weighted by Crippen LogP contribution is 2.26. The first-order valence-electron chi connectivity index (χ1n) is 5.94.